The summed E-state index contributed by atoms with van der Waals surface area (Å²) in [5.41, 5.74) is 2.73. The van der Waals surface area contributed by atoms with Crippen molar-refractivity contribution in [2.75, 3.05) is 27.3 Å². The van der Waals surface area contributed by atoms with Gasteiger partial charge in [-0.15, -0.1) is 0 Å². The minimum absolute atomic E-state index is 0.0529. The first-order valence-electron chi connectivity index (χ1n) is 10.9. The third-order valence-corrected chi connectivity index (χ3v) is 5.90. The van der Waals surface area contributed by atoms with Gasteiger partial charge in [0.15, 0.2) is 0 Å². The lowest BCUT2D eigenvalue weighted by molar-refractivity contribution is -0.143. The number of ketones is 2. The molecule has 2 atom stereocenters. The number of allylic oxidation sites excluding steroid dienone is 2. The van der Waals surface area contributed by atoms with E-state index < -0.39 is 0 Å². The van der Waals surface area contributed by atoms with Crippen LogP contribution in [0.3, 0.4) is 0 Å². The second-order valence-corrected chi connectivity index (χ2v) is 8.38. The fourth-order valence-corrected chi connectivity index (χ4v) is 4.22. The van der Waals surface area contributed by atoms with Crippen LogP contribution in [0.2, 0.25) is 0 Å². The Morgan fingerprint density at radius 2 is 1.50 bits per heavy atom. The van der Waals surface area contributed by atoms with E-state index >= 15 is 0 Å². The van der Waals surface area contributed by atoms with Crippen molar-refractivity contribution in [2.45, 2.75) is 52.2 Å². The average molecular weight is 442 g/mol. The molecule has 0 radical (unpaired) electrons. The zero-order valence-corrected chi connectivity index (χ0v) is 19.4. The molecule has 0 aromatic heterocycles. The van der Waals surface area contributed by atoms with E-state index in [1.807, 2.05) is 43.0 Å². The van der Waals surface area contributed by atoms with Crippen LogP contribution in [0.5, 0.6) is 0 Å². The van der Waals surface area contributed by atoms with Crippen molar-refractivity contribution in [1.82, 2.24) is 4.90 Å². The Balaban J connectivity index is 1.62. The first-order chi connectivity index (χ1) is 15.2. The van der Waals surface area contributed by atoms with Gasteiger partial charge >= 0.3 is 0 Å². The molecule has 1 saturated heterocycles. The zero-order valence-electron chi connectivity index (χ0n) is 19.4. The van der Waals surface area contributed by atoms with E-state index in [1.54, 1.807) is 6.92 Å². The molecule has 0 N–H and O–H groups in total. The van der Waals surface area contributed by atoms with Gasteiger partial charge in [-0.1, -0.05) is 24.3 Å². The van der Waals surface area contributed by atoms with Crippen molar-refractivity contribution in [3.63, 3.8) is 0 Å². The monoisotopic (exact) mass is 441 g/mol. The number of methoxy groups -OCH3 is 2. The molecule has 0 bridgehead atoms. The van der Waals surface area contributed by atoms with Crippen molar-refractivity contribution >= 4 is 17.5 Å². The molecule has 172 valence electrons. The maximum absolute atomic E-state index is 12.8. The van der Waals surface area contributed by atoms with Crippen LogP contribution in [0, 0.1) is 0 Å². The lowest BCUT2D eigenvalue weighted by Gasteiger charge is -2.35. The first kappa shape index (κ1) is 23.7. The van der Waals surface area contributed by atoms with E-state index in [4.69, 9.17) is 14.2 Å². The quantitative estimate of drug-likeness (QED) is 0.605. The van der Waals surface area contributed by atoms with Gasteiger partial charge in [-0.3, -0.25) is 14.4 Å². The Kier molecular flexibility index (Phi) is 7.51. The van der Waals surface area contributed by atoms with E-state index in [0.717, 1.165) is 11.1 Å². The average Bonchev–Trinajstić information content (AvgIpc) is 2.77. The van der Waals surface area contributed by atoms with E-state index in [2.05, 4.69) is 0 Å². The minimum Gasteiger partial charge on any atom is -0.489 e. The number of nitrogens with zero attached hydrogens (tertiary/aromatic N) is 1. The number of Topliss-reactive ketones (excluding diaryl/α,β-unsaturated/α-hetero) is 2. The fraction of sp³-hybridized carbons (Fsp3) is 0.480. The van der Waals surface area contributed by atoms with Gasteiger partial charge < -0.3 is 19.1 Å². The summed E-state index contributed by atoms with van der Waals surface area (Å²) in [4.78, 5) is 39.8. The van der Waals surface area contributed by atoms with Crippen molar-refractivity contribution in [3.05, 3.63) is 58.1 Å². The van der Waals surface area contributed by atoms with Crippen molar-refractivity contribution < 1.29 is 28.6 Å². The molecule has 1 heterocycles. The van der Waals surface area contributed by atoms with Gasteiger partial charge in [0.25, 0.3) is 0 Å². The Labute approximate surface area is 189 Å². The molecule has 1 fully saturated rings. The Morgan fingerprint density at radius 3 is 2.06 bits per heavy atom. The topological polar surface area (TPSA) is 82.1 Å². The minimum atomic E-state index is -0.333. The third kappa shape index (κ3) is 5.10. The number of hydrogen-bond donors (Lipinski definition) is 0. The molecule has 0 spiro atoms. The molecule has 1 amide bonds. The SMILES string of the molecule is COC1=C(OC)C(=O)C(Cc2ccc(CCC(=O)N3CC(C)OC(C)C3)cc2)=C(C)C1=O. The molecule has 1 aromatic carbocycles. The molecule has 1 aliphatic carbocycles. The predicted octanol–water partition coefficient (Wildman–Crippen LogP) is 2.77. The summed E-state index contributed by atoms with van der Waals surface area (Å²) in [5.74, 6) is -0.635. The summed E-state index contributed by atoms with van der Waals surface area (Å²) in [6.45, 7) is 6.86. The van der Waals surface area contributed by atoms with Crippen LogP contribution < -0.4 is 0 Å². The van der Waals surface area contributed by atoms with Gasteiger partial charge in [-0.2, -0.15) is 0 Å². The normalized spacial score (nSPS) is 21.8. The van der Waals surface area contributed by atoms with Crippen LogP contribution >= 0.6 is 0 Å². The van der Waals surface area contributed by atoms with Crippen LogP contribution in [0.15, 0.2) is 46.9 Å². The molecule has 2 aliphatic rings. The predicted molar refractivity (Wildman–Crippen MR) is 119 cm³/mol. The molecule has 3 rings (SSSR count). The van der Waals surface area contributed by atoms with E-state index in [1.165, 1.54) is 14.2 Å². The maximum Gasteiger partial charge on any atom is 0.228 e. The second kappa shape index (κ2) is 10.1. The highest BCUT2D eigenvalue weighted by atomic mass is 16.5. The lowest BCUT2D eigenvalue weighted by Crippen LogP contribution is -2.48. The number of morpholine rings is 1. The summed E-state index contributed by atoms with van der Waals surface area (Å²) in [6, 6.07) is 7.79. The first-order valence-corrected chi connectivity index (χ1v) is 10.9. The molecule has 1 aliphatic heterocycles. The number of ether oxygens (including phenoxy) is 3. The molecule has 2 unspecified atom stereocenters. The molecule has 7 nitrogen and oxygen atoms in total. The number of carbonyl (C=O) groups excluding carboxylic acids is 3. The van der Waals surface area contributed by atoms with Gasteiger partial charge in [-0.25, -0.2) is 0 Å². The molecule has 0 saturated carbocycles. The van der Waals surface area contributed by atoms with E-state index in [9.17, 15) is 14.4 Å². The van der Waals surface area contributed by atoms with Crippen LogP contribution in [0.4, 0.5) is 0 Å². The maximum atomic E-state index is 12.8. The van der Waals surface area contributed by atoms with Gasteiger partial charge in [0.2, 0.25) is 29.0 Å². The Morgan fingerprint density at radius 1 is 0.969 bits per heavy atom. The van der Waals surface area contributed by atoms with Crippen molar-refractivity contribution in [1.29, 1.82) is 0 Å². The summed E-state index contributed by atoms with van der Waals surface area (Å²) in [6.07, 6.45) is 1.53. The highest BCUT2D eigenvalue weighted by Gasteiger charge is 2.34. The molecule has 1 aromatic rings. The largest absolute Gasteiger partial charge is 0.489 e. The number of hydrogen-bond acceptors (Lipinski definition) is 6. The summed E-state index contributed by atoms with van der Waals surface area (Å²) < 4.78 is 15.9. The number of amides is 1. The molecule has 32 heavy (non-hydrogen) atoms. The second-order valence-electron chi connectivity index (χ2n) is 8.38. The highest BCUT2D eigenvalue weighted by Crippen LogP contribution is 2.28. The highest BCUT2D eigenvalue weighted by molar-refractivity contribution is 6.23. The number of carbonyl (C=O) groups is 3. The zero-order chi connectivity index (χ0) is 23.4. The fourth-order valence-electron chi connectivity index (χ4n) is 4.22. The van der Waals surface area contributed by atoms with Gasteiger partial charge in [0, 0.05) is 37.1 Å². The summed E-state index contributed by atoms with van der Waals surface area (Å²) >= 11 is 0. The molecular formula is C25H31NO6. The Hall–Kier alpha value is -2.93. The van der Waals surface area contributed by atoms with Crippen LogP contribution in [0.1, 0.15) is 38.3 Å². The smallest absolute Gasteiger partial charge is 0.228 e. The van der Waals surface area contributed by atoms with E-state index in [-0.39, 0.29) is 41.2 Å². The third-order valence-electron chi connectivity index (χ3n) is 5.90. The van der Waals surface area contributed by atoms with E-state index in [0.29, 0.717) is 43.5 Å². The number of aryl methyl sites for hydroxylation is 1. The van der Waals surface area contributed by atoms with Crippen molar-refractivity contribution in [2.24, 2.45) is 0 Å². The number of rotatable bonds is 7. The van der Waals surface area contributed by atoms with Gasteiger partial charge in [0.05, 0.1) is 26.4 Å². The number of benzene rings is 1. The summed E-state index contributed by atoms with van der Waals surface area (Å²) in [7, 11) is 2.70. The van der Waals surface area contributed by atoms with Crippen molar-refractivity contribution in [3.8, 4) is 0 Å². The standard InChI is InChI=1S/C25H31NO6/c1-15-13-26(14-16(2)32-15)21(27)11-10-18-6-8-19(9-7-18)12-20-17(3)22(28)24(30-4)25(31-5)23(20)29/h6-9,15-16H,10-14H2,1-5H3. The van der Waals surface area contributed by atoms with Crippen LogP contribution in [0.25, 0.3) is 0 Å². The van der Waals surface area contributed by atoms with Crippen LogP contribution in [-0.4, -0.2) is 61.9 Å². The van der Waals surface area contributed by atoms with Gasteiger partial charge in [0.1, 0.15) is 0 Å². The van der Waals surface area contributed by atoms with Crippen LogP contribution in [-0.2, 0) is 41.4 Å². The summed E-state index contributed by atoms with van der Waals surface area (Å²) in [5, 5.41) is 0. The molecule has 7 heteroatoms. The Bertz CT molecular complexity index is 949. The lowest BCUT2D eigenvalue weighted by atomic mass is 9.88. The van der Waals surface area contributed by atoms with Gasteiger partial charge in [-0.05, 0) is 38.3 Å². The molecular weight excluding hydrogens is 410 g/mol.